The molecule has 1 unspecified atom stereocenters. The molecule has 7 nitrogen and oxygen atoms in total. The van der Waals surface area contributed by atoms with E-state index in [0.29, 0.717) is 12.8 Å². The largest absolute Gasteiger partial charge is 0.481 e. The Balaban J connectivity index is 1.37. The number of carboxylic acids is 1. The van der Waals surface area contributed by atoms with Crippen LogP contribution in [0.5, 0.6) is 0 Å². The first-order valence-corrected chi connectivity index (χ1v) is 11.9. The highest BCUT2D eigenvalue weighted by Gasteiger charge is 2.46. The molecular formula is C27H32N2O5. The summed E-state index contributed by atoms with van der Waals surface area (Å²) in [6.07, 6.45) is 1.29. The van der Waals surface area contributed by atoms with Gasteiger partial charge in [-0.05, 0) is 53.4 Å². The minimum Gasteiger partial charge on any atom is -0.481 e. The van der Waals surface area contributed by atoms with Crippen molar-refractivity contribution in [3.05, 3.63) is 59.7 Å². The minimum absolute atomic E-state index is 0.00917. The van der Waals surface area contributed by atoms with Crippen molar-refractivity contribution >= 4 is 18.0 Å². The zero-order chi connectivity index (χ0) is 24.3. The van der Waals surface area contributed by atoms with Crippen LogP contribution in [0.3, 0.4) is 0 Å². The van der Waals surface area contributed by atoms with Crippen LogP contribution in [0.1, 0.15) is 56.6 Å². The molecule has 0 heterocycles. The predicted octanol–water partition coefficient (Wildman–Crippen LogP) is 4.31. The lowest BCUT2D eigenvalue weighted by Crippen LogP contribution is -2.63. The molecule has 0 bridgehead atoms. The number of carbonyl (C=O) groups is 3. The first kappa shape index (κ1) is 23.8. The second kappa shape index (κ2) is 9.87. The lowest BCUT2D eigenvalue weighted by Gasteiger charge is -2.40. The fourth-order valence-electron chi connectivity index (χ4n) is 4.93. The first-order chi connectivity index (χ1) is 16.3. The molecule has 1 fully saturated rings. The molecule has 2 aromatic carbocycles. The fraction of sp³-hybridized carbons (Fsp3) is 0.444. The van der Waals surface area contributed by atoms with Crippen LogP contribution in [0.15, 0.2) is 48.5 Å². The Hall–Kier alpha value is -3.35. The van der Waals surface area contributed by atoms with Crippen LogP contribution in [-0.2, 0) is 14.3 Å². The van der Waals surface area contributed by atoms with E-state index in [2.05, 4.69) is 34.9 Å². The molecule has 1 saturated carbocycles. The van der Waals surface area contributed by atoms with Gasteiger partial charge in [-0.15, -0.1) is 0 Å². The van der Waals surface area contributed by atoms with E-state index in [1.807, 2.05) is 38.1 Å². The average Bonchev–Trinajstić information content (AvgIpc) is 3.11. The van der Waals surface area contributed by atoms with Crippen molar-refractivity contribution in [1.29, 1.82) is 0 Å². The van der Waals surface area contributed by atoms with Gasteiger partial charge in [-0.25, -0.2) is 4.79 Å². The van der Waals surface area contributed by atoms with Gasteiger partial charge in [0.05, 0.1) is 6.42 Å². The fourth-order valence-corrected chi connectivity index (χ4v) is 4.93. The number of rotatable bonds is 9. The number of alkyl carbamates (subject to hydrolysis) is 1. The zero-order valence-electron chi connectivity index (χ0n) is 19.7. The molecule has 0 aromatic heterocycles. The number of aliphatic carboxylic acids is 1. The topological polar surface area (TPSA) is 105 Å². The Labute approximate surface area is 199 Å². The van der Waals surface area contributed by atoms with Crippen molar-refractivity contribution < 1.29 is 24.2 Å². The summed E-state index contributed by atoms with van der Waals surface area (Å²) in [7, 11) is 0. The number of benzene rings is 2. The van der Waals surface area contributed by atoms with Crippen molar-refractivity contribution in [3.63, 3.8) is 0 Å². The van der Waals surface area contributed by atoms with Crippen molar-refractivity contribution in [3.8, 4) is 11.1 Å². The van der Waals surface area contributed by atoms with E-state index in [1.165, 1.54) is 0 Å². The Morgan fingerprint density at radius 3 is 2.12 bits per heavy atom. The molecule has 1 atom stereocenters. The zero-order valence-corrected chi connectivity index (χ0v) is 19.7. The normalized spacial score (nSPS) is 16.7. The van der Waals surface area contributed by atoms with E-state index in [4.69, 9.17) is 9.84 Å². The molecule has 2 aliphatic carbocycles. The molecular weight excluding hydrogens is 432 g/mol. The van der Waals surface area contributed by atoms with Gasteiger partial charge >= 0.3 is 12.1 Å². The van der Waals surface area contributed by atoms with Crippen molar-refractivity contribution in [2.24, 2.45) is 11.8 Å². The summed E-state index contributed by atoms with van der Waals surface area (Å²) in [6.45, 7) is 4.32. The van der Waals surface area contributed by atoms with Crippen LogP contribution < -0.4 is 10.6 Å². The van der Waals surface area contributed by atoms with Gasteiger partial charge in [0.25, 0.3) is 0 Å². The summed E-state index contributed by atoms with van der Waals surface area (Å²) in [5, 5.41) is 14.8. The van der Waals surface area contributed by atoms with E-state index in [0.717, 1.165) is 28.7 Å². The Morgan fingerprint density at radius 1 is 1.03 bits per heavy atom. The Kier molecular flexibility index (Phi) is 6.91. The van der Waals surface area contributed by atoms with Gasteiger partial charge in [0.1, 0.15) is 12.1 Å². The van der Waals surface area contributed by atoms with Crippen LogP contribution in [0.25, 0.3) is 11.1 Å². The number of hydrogen-bond acceptors (Lipinski definition) is 4. The molecule has 0 spiro atoms. The van der Waals surface area contributed by atoms with Crippen LogP contribution in [0.4, 0.5) is 4.79 Å². The number of ether oxygens (including phenoxy) is 1. The van der Waals surface area contributed by atoms with Gasteiger partial charge < -0.3 is 20.5 Å². The average molecular weight is 465 g/mol. The maximum absolute atomic E-state index is 13.0. The second-order valence-electron chi connectivity index (χ2n) is 9.70. The maximum Gasteiger partial charge on any atom is 0.408 e. The third-order valence-electron chi connectivity index (χ3n) is 7.23. The maximum atomic E-state index is 13.0. The van der Waals surface area contributed by atoms with E-state index < -0.39 is 17.6 Å². The molecule has 3 N–H and O–H groups in total. The van der Waals surface area contributed by atoms with Crippen molar-refractivity contribution in [2.45, 2.75) is 51.0 Å². The number of amides is 2. The molecule has 7 heteroatoms. The van der Waals surface area contributed by atoms with E-state index in [9.17, 15) is 14.4 Å². The van der Waals surface area contributed by atoms with Gasteiger partial charge in [0.15, 0.2) is 0 Å². The number of carboxylic acid groups (broad SMARTS) is 1. The monoisotopic (exact) mass is 464 g/mol. The van der Waals surface area contributed by atoms with Crippen LogP contribution >= 0.6 is 0 Å². The Morgan fingerprint density at radius 2 is 1.62 bits per heavy atom. The van der Waals surface area contributed by atoms with Crippen molar-refractivity contribution in [1.82, 2.24) is 10.6 Å². The molecule has 4 rings (SSSR count). The van der Waals surface area contributed by atoms with Gasteiger partial charge in [-0.3, -0.25) is 9.59 Å². The highest BCUT2D eigenvalue weighted by atomic mass is 16.5. The summed E-state index contributed by atoms with van der Waals surface area (Å²) in [5.74, 6) is -1.27. The molecule has 2 aromatic rings. The molecule has 2 aliphatic rings. The van der Waals surface area contributed by atoms with Crippen LogP contribution in [0, 0.1) is 11.8 Å². The Bertz CT molecular complexity index is 1030. The molecule has 0 saturated heterocycles. The number of carbonyl (C=O) groups excluding carboxylic acids is 2. The summed E-state index contributed by atoms with van der Waals surface area (Å²) < 4.78 is 5.63. The van der Waals surface area contributed by atoms with Crippen LogP contribution in [-0.4, -0.2) is 41.8 Å². The number of hydrogen-bond donors (Lipinski definition) is 3. The highest BCUT2D eigenvalue weighted by molar-refractivity contribution is 5.91. The molecule has 34 heavy (non-hydrogen) atoms. The number of nitrogens with one attached hydrogen (secondary N) is 2. The molecule has 180 valence electrons. The van der Waals surface area contributed by atoms with Gasteiger partial charge in [-0.1, -0.05) is 62.4 Å². The molecule has 2 amide bonds. The smallest absolute Gasteiger partial charge is 0.408 e. The third-order valence-corrected chi connectivity index (χ3v) is 7.23. The minimum atomic E-state index is -0.993. The number of fused-ring (bicyclic) bond motifs is 3. The van der Waals surface area contributed by atoms with Gasteiger partial charge in [0, 0.05) is 12.5 Å². The quantitative estimate of drug-likeness (QED) is 0.513. The molecule has 0 radical (unpaired) electrons. The highest BCUT2D eigenvalue weighted by Crippen LogP contribution is 2.44. The van der Waals surface area contributed by atoms with Gasteiger partial charge in [-0.2, -0.15) is 0 Å². The summed E-state index contributed by atoms with van der Waals surface area (Å²) >= 11 is 0. The van der Waals surface area contributed by atoms with E-state index in [-0.39, 0.29) is 43.2 Å². The summed E-state index contributed by atoms with van der Waals surface area (Å²) in [5.41, 5.74) is 3.58. The van der Waals surface area contributed by atoms with Gasteiger partial charge in [0.2, 0.25) is 5.91 Å². The van der Waals surface area contributed by atoms with E-state index >= 15 is 0 Å². The predicted molar refractivity (Wildman–Crippen MR) is 128 cm³/mol. The lowest BCUT2D eigenvalue weighted by molar-refractivity contribution is -0.139. The van der Waals surface area contributed by atoms with Crippen molar-refractivity contribution in [2.75, 3.05) is 13.2 Å². The lowest BCUT2D eigenvalue weighted by atomic mass is 9.76. The third kappa shape index (κ3) is 4.79. The SMILES string of the molecule is CC(C)C(CNC(=O)C1(NC(=O)OCC2c3ccccc3-c3ccccc32)CCC1)CC(=O)O. The van der Waals surface area contributed by atoms with Crippen LogP contribution in [0.2, 0.25) is 0 Å². The first-order valence-electron chi connectivity index (χ1n) is 11.9. The molecule has 0 aliphatic heterocycles. The summed E-state index contributed by atoms with van der Waals surface area (Å²) in [4.78, 5) is 36.8. The second-order valence-corrected chi connectivity index (χ2v) is 9.70. The standard InChI is InChI=1S/C27H32N2O5/c1-17(2)18(14-24(30)31)15-28-25(32)27(12-7-13-27)29-26(33)34-16-23-21-10-5-3-8-19(21)20-9-4-6-11-22(20)23/h3-6,8-11,17-18,23H,7,12-16H2,1-2H3,(H,28,32)(H,29,33)(H,30,31). The summed E-state index contributed by atoms with van der Waals surface area (Å²) in [6, 6.07) is 16.3. The van der Waals surface area contributed by atoms with E-state index in [1.54, 1.807) is 0 Å².